The first-order chi connectivity index (χ1) is 11.0. The SMILES string of the molecule is C=CCCOc1ccc(S(=O)(=O)NCc2ccnc(F)c2)cc1. The van der Waals surface area contributed by atoms with E-state index in [9.17, 15) is 12.8 Å². The van der Waals surface area contributed by atoms with Gasteiger partial charge >= 0.3 is 0 Å². The predicted molar refractivity (Wildman–Crippen MR) is 85.0 cm³/mol. The molecule has 0 unspecified atom stereocenters. The molecule has 0 bridgehead atoms. The topological polar surface area (TPSA) is 68.3 Å². The van der Waals surface area contributed by atoms with Crippen LogP contribution in [0.3, 0.4) is 0 Å². The average Bonchev–Trinajstić information content (AvgIpc) is 2.54. The number of nitrogens with one attached hydrogen (secondary N) is 1. The Kier molecular flexibility index (Phi) is 5.84. The van der Waals surface area contributed by atoms with Crippen molar-refractivity contribution in [2.45, 2.75) is 17.9 Å². The molecule has 0 aliphatic heterocycles. The van der Waals surface area contributed by atoms with Gasteiger partial charge in [0.1, 0.15) is 5.75 Å². The molecule has 1 aromatic heterocycles. The zero-order valence-electron chi connectivity index (χ0n) is 12.4. The van der Waals surface area contributed by atoms with E-state index in [4.69, 9.17) is 4.74 Å². The molecule has 0 saturated carbocycles. The summed E-state index contributed by atoms with van der Waals surface area (Å²) in [5, 5.41) is 0. The number of hydrogen-bond acceptors (Lipinski definition) is 4. The minimum Gasteiger partial charge on any atom is -0.493 e. The molecule has 0 aliphatic rings. The van der Waals surface area contributed by atoms with Crippen LogP contribution in [0.2, 0.25) is 0 Å². The molecule has 7 heteroatoms. The fraction of sp³-hybridized carbons (Fsp3) is 0.188. The van der Waals surface area contributed by atoms with Gasteiger partial charge in [-0.1, -0.05) is 6.08 Å². The Hall–Kier alpha value is -2.25. The second-order valence-corrected chi connectivity index (χ2v) is 6.48. The van der Waals surface area contributed by atoms with Gasteiger partial charge in [-0.3, -0.25) is 0 Å². The maximum atomic E-state index is 13.0. The normalized spacial score (nSPS) is 11.2. The molecule has 2 aromatic rings. The number of hydrogen-bond donors (Lipinski definition) is 1. The first kappa shape index (κ1) is 17.1. The van der Waals surface area contributed by atoms with Gasteiger partial charge in [0.2, 0.25) is 16.0 Å². The van der Waals surface area contributed by atoms with E-state index in [-0.39, 0.29) is 11.4 Å². The first-order valence-corrected chi connectivity index (χ1v) is 8.43. The largest absolute Gasteiger partial charge is 0.493 e. The van der Waals surface area contributed by atoms with Gasteiger partial charge < -0.3 is 4.74 Å². The summed E-state index contributed by atoms with van der Waals surface area (Å²) < 4.78 is 45.2. The van der Waals surface area contributed by atoms with Gasteiger partial charge in [-0.15, -0.1) is 6.58 Å². The van der Waals surface area contributed by atoms with Crippen molar-refractivity contribution in [1.82, 2.24) is 9.71 Å². The van der Waals surface area contributed by atoms with Gasteiger partial charge in [-0.2, -0.15) is 4.39 Å². The highest BCUT2D eigenvalue weighted by Crippen LogP contribution is 2.16. The summed E-state index contributed by atoms with van der Waals surface area (Å²) in [7, 11) is -3.68. The maximum absolute atomic E-state index is 13.0. The van der Waals surface area contributed by atoms with E-state index in [0.29, 0.717) is 24.3 Å². The summed E-state index contributed by atoms with van der Waals surface area (Å²) in [6, 6.07) is 8.81. The molecule has 0 aliphatic carbocycles. The van der Waals surface area contributed by atoms with Crippen LogP contribution in [0.15, 0.2) is 60.1 Å². The minimum absolute atomic E-state index is 0.0145. The van der Waals surface area contributed by atoms with Gasteiger partial charge in [0.05, 0.1) is 11.5 Å². The standard InChI is InChI=1S/C16H17FN2O3S/c1-2-3-10-22-14-4-6-15(7-5-14)23(20,21)19-12-13-8-9-18-16(17)11-13/h2,4-9,11,19H,1,3,10,12H2. The number of sulfonamides is 1. The molecule has 1 aromatic carbocycles. The van der Waals surface area contributed by atoms with Gasteiger partial charge in [0.15, 0.2) is 0 Å². The molecule has 2 rings (SSSR count). The number of pyridine rings is 1. The van der Waals surface area contributed by atoms with Crippen molar-refractivity contribution < 1.29 is 17.5 Å². The van der Waals surface area contributed by atoms with E-state index in [1.807, 2.05) is 0 Å². The van der Waals surface area contributed by atoms with E-state index in [2.05, 4.69) is 16.3 Å². The van der Waals surface area contributed by atoms with Crippen LogP contribution in [0.5, 0.6) is 5.75 Å². The summed E-state index contributed by atoms with van der Waals surface area (Å²) in [6.07, 6.45) is 3.74. The van der Waals surface area contributed by atoms with Gasteiger partial charge in [-0.05, 0) is 48.4 Å². The number of halogens is 1. The van der Waals surface area contributed by atoms with Crippen molar-refractivity contribution in [3.05, 3.63) is 66.8 Å². The van der Waals surface area contributed by atoms with E-state index in [1.54, 1.807) is 24.3 Å². The lowest BCUT2D eigenvalue weighted by Crippen LogP contribution is -2.23. The van der Waals surface area contributed by atoms with Crippen molar-refractivity contribution in [2.24, 2.45) is 0 Å². The van der Waals surface area contributed by atoms with Gasteiger partial charge in [0.25, 0.3) is 0 Å². The third-order valence-corrected chi connectivity index (χ3v) is 4.40. The molecule has 0 radical (unpaired) electrons. The quantitative estimate of drug-likeness (QED) is 0.457. The summed E-state index contributed by atoms with van der Waals surface area (Å²) >= 11 is 0. The second-order valence-electron chi connectivity index (χ2n) is 4.71. The van der Waals surface area contributed by atoms with Crippen molar-refractivity contribution in [3.8, 4) is 5.75 Å². The van der Waals surface area contributed by atoms with Crippen LogP contribution < -0.4 is 9.46 Å². The van der Waals surface area contributed by atoms with Crippen LogP contribution in [0.25, 0.3) is 0 Å². The third kappa shape index (κ3) is 5.15. The zero-order valence-corrected chi connectivity index (χ0v) is 13.2. The maximum Gasteiger partial charge on any atom is 0.240 e. The van der Waals surface area contributed by atoms with Crippen molar-refractivity contribution in [3.63, 3.8) is 0 Å². The minimum atomic E-state index is -3.68. The van der Waals surface area contributed by atoms with Crippen LogP contribution in [0.1, 0.15) is 12.0 Å². The van der Waals surface area contributed by atoms with E-state index < -0.39 is 16.0 Å². The molecule has 1 heterocycles. The van der Waals surface area contributed by atoms with E-state index in [0.717, 1.165) is 0 Å². The molecule has 122 valence electrons. The Morgan fingerprint density at radius 2 is 2.00 bits per heavy atom. The molecule has 0 saturated heterocycles. The Morgan fingerprint density at radius 1 is 1.26 bits per heavy atom. The highest BCUT2D eigenvalue weighted by molar-refractivity contribution is 7.89. The third-order valence-electron chi connectivity index (χ3n) is 2.98. The Bertz CT molecular complexity index is 761. The van der Waals surface area contributed by atoms with Crippen LogP contribution in [0, 0.1) is 5.95 Å². The van der Waals surface area contributed by atoms with Gasteiger partial charge in [0, 0.05) is 12.7 Å². The molecule has 0 spiro atoms. The fourth-order valence-electron chi connectivity index (χ4n) is 1.79. The Morgan fingerprint density at radius 3 is 2.65 bits per heavy atom. The summed E-state index contributed by atoms with van der Waals surface area (Å²) in [6.45, 7) is 4.07. The molecule has 0 amide bonds. The Balaban J connectivity index is 2.00. The summed E-state index contributed by atoms with van der Waals surface area (Å²) in [5.74, 6) is -0.0651. The smallest absolute Gasteiger partial charge is 0.240 e. The first-order valence-electron chi connectivity index (χ1n) is 6.95. The van der Waals surface area contributed by atoms with E-state index >= 15 is 0 Å². The van der Waals surface area contributed by atoms with Crippen molar-refractivity contribution >= 4 is 10.0 Å². The van der Waals surface area contributed by atoms with Crippen molar-refractivity contribution in [2.75, 3.05) is 6.61 Å². The number of aromatic nitrogens is 1. The molecular formula is C16H17FN2O3S. The zero-order chi connectivity index (χ0) is 16.7. The molecule has 23 heavy (non-hydrogen) atoms. The van der Waals surface area contributed by atoms with Crippen molar-refractivity contribution in [1.29, 1.82) is 0 Å². The lowest BCUT2D eigenvalue weighted by molar-refractivity contribution is 0.325. The average molecular weight is 336 g/mol. The highest BCUT2D eigenvalue weighted by atomic mass is 32.2. The Labute approximate surface area is 134 Å². The fourth-order valence-corrected chi connectivity index (χ4v) is 2.81. The van der Waals surface area contributed by atoms with Crippen LogP contribution in [0.4, 0.5) is 4.39 Å². The number of rotatable bonds is 8. The molecular weight excluding hydrogens is 319 g/mol. The number of benzene rings is 1. The lowest BCUT2D eigenvalue weighted by atomic mass is 10.3. The second kappa shape index (κ2) is 7.85. The highest BCUT2D eigenvalue weighted by Gasteiger charge is 2.13. The number of nitrogens with zero attached hydrogens (tertiary/aromatic N) is 1. The molecule has 5 nitrogen and oxygen atoms in total. The van der Waals surface area contributed by atoms with Gasteiger partial charge in [-0.25, -0.2) is 18.1 Å². The summed E-state index contributed by atoms with van der Waals surface area (Å²) in [4.78, 5) is 3.53. The van der Waals surface area contributed by atoms with E-state index in [1.165, 1.54) is 24.4 Å². The van der Waals surface area contributed by atoms with Crippen LogP contribution in [-0.2, 0) is 16.6 Å². The predicted octanol–water partition coefficient (Wildman–Crippen LogP) is 2.65. The lowest BCUT2D eigenvalue weighted by Gasteiger charge is -2.08. The number of ether oxygens (including phenoxy) is 1. The van der Waals surface area contributed by atoms with Crippen LogP contribution >= 0.6 is 0 Å². The molecule has 1 N–H and O–H groups in total. The summed E-state index contributed by atoms with van der Waals surface area (Å²) in [5.41, 5.74) is 0.491. The monoisotopic (exact) mass is 336 g/mol. The molecule has 0 fully saturated rings. The molecule has 0 atom stereocenters. The van der Waals surface area contributed by atoms with Crippen LogP contribution in [-0.4, -0.2) is 20.0 Å².